The highest BCUT2D eigenvalue weighted by Gasteiger charge is 2.10. The van der Waals surface area contributed by atoms with E-state index in [9.17, 15) is 0 Å². The molecule has 3 heterocycles. The van der Waals surface area contributed by atoms with E-state index in [1.165, 1.54) is 5.56 Å². The van der Waals surface area contributed by atoms with Crippen LogP contribution in [0.1, 0.15) is 11.3 Å². The summed E-state index contributed by atoms with van der Waals surface area (Å²) in [5, 5.41) is 9.73. The van der Waals surface area contributed by atoms with E-state index in [-0.39, 0.29) is 0 Å². The lowest BCUT2D eigenvalue weighted by Crippen LogP contribution is -1.95. The molecule has 18 heavy (non-hydrogen) atoms. The summed E-state index contributed by atoms with van der Waals surface area (Å²) in [6.45, 7) is 4.03. The average molecular weight is 259 g/mol. The van der Waals surface area contributed by atoms with Gasteiger partial charge in [0.05, 0.1) is 21.6 Å². The van der Waals surface area contributed by atoms with Crippen LogP contribution in [0.3, 0.4) is 0 Å². The Morgan fingerprint density at radius 2 is 2.11 bits per heavy atom. The molecule has 0 aliphatic heterocycles. The van der Waals surface area contributed by atoms with Crippen molar-refractivity contribution in [3.8, 4) is 0 Å². The summed E-state index contributed by atoms with van der Waals surface area (Å²) in [5.41, 5.74) is 4.13. The van der Waals surface area contributed by atoms with E-state index in [0.29, 0.717) is 0 Å². The predicted molar refractivity (Wildman–Crippen MR) is 73.4 cm³/mol. The van der Waals surface area contributed by atoms with E-state index in [1.54, 1.807) is 22.3 Å². The van der Waals surface area contributed by atoms with Crippen molar-refractivity contribution >= 4 is 33.1 Å². The van der Waals surface area contributed by atoms with Crippen LogP contribution in [0.5, 0.6) is 0 Å². The van der Waals surface area contributed by atoms with Gasteiger partial charge in [0, 0.05) is 13.2 Å². The van der Waals surface area contributed by atoms with E-state index in [1.807, 2.05) is 20.2 Å². The molecule has 0 atom stereocenters. The highest BCUT2D eigenvalue weighted by molar-refractivity contribution is 7.18. The number of fused-ring (bicyclic) bond motifs is 1. The maximum atomic E-state index is 4.32. The Morgan fingerprint density at radius 3 is 2.83 bits per heavy atom. The number of hydrogen-bond acceptors (Lipinski definition) is 5. The Labute approximate surface area is 109 Å². The number of anilines is 2. The van der Waals surface area contributed by atoms with Crippen molar-refractivity contribution in [1.82, 2.24) is 19.7 Å². The molecule has 0 spiro atoms. The number of aryl methyl sites for hydroxylation is 3. The molecule has 6 heteroatoms. The quantitative estimate of drug-likeness (QED) is 0.769. The number of nitrogens with zero attached hydrogens (tertiary/aromatic N) is 4. The molecular formula is C12H13N5S. The van der Waals surface area contributed by atoms with Gasteiger partial charge in [0.1, 0.15) is 6.33 Å². The molecule has 0 aliphatic rings. The van der Waals surface area contributed by atoms with Crippen LogP contribution in [-0.2, 0) is 7.05 Å². The van der Waals surface area contributed by atoms with Crippen LogP contribution < -0.4 is 5.32 Å². The normalized spacial score (nSPS) is 11.1. The summed E-state index contributed by atoms with van der Waals surface area (Å²) in [4.78, 5) is 8.63. The SMILES string of the molecule is Cc1nn(C)cc1Nc1ncnc2c(C)csc12. The minimum absolute atomic E-state index is 0.842. The lowest BCUT2D eigenvalue weighted by molar-refractivity contribution is 0.756. The summed E-state index contributed by atoms with van der Waals surface area (Å²) < 4.78 is 2.87. The van der Waals surface area contributed by atoms with Gasteiger partial charge >= 0.3 is 0 Å². The van der Waals surface area contributed by atoms with Crippen molar-refractivity contribution in [1.29, 1.82) is 0 Å². The topological polar surface area (TPSA) is 55.6 Å². The second-order valence-corrected chi connectivity index (χ2v) is 5.13. The molecule has 0 radical (unpaired) electrons. The fraction of sp³-hybridized carbons (Fsp3) is 0.250. The molecule has 3 aromatic heterocycles. The van der Waals surface area contributed by atoms with Crippen LogP contribution >= 0.6 is 11.3 Å². The Morgan fingerprint density at radius 1 is 1.28 bits per heavy atom. The minimum atomic E-state index is 0.842. The number of nitrogens with one attached hydrogen (secondary N) is 1. The lowest BCUT2D eigenvalue weighted by Gasteiger charge is -2.04. The molecule has 92 valence electrons. The zero-order valence-electron chi connectivity index (χ0n) is 10.4. The Balaban J connectivity index is 2.07. The van der Waals surface area contributed by atoms with Gasteiger partial charge in [-0.1, -0.05) is 0 Å². The van der Waals surface area contributed by atoms with Gasteiger partial charge in [-0.3, -0.25) is 4.68 Å². The third-order valence-electron chi connectivity index (χ3n) is 2.80. The Kier molecular flexibility index (Phi) is 2.52. The molecule has 3 rings (SSSR count). The zero-order chi connectivity index (χ0) is 12.7. The van der Waals surface area contributed by atoms with Crippen LogP contribution in [0.2, 0.25) is 0 Å². The van der Waals surface area contributed by atoms with Crippen LogP contribution in [0.25, 0.3) is 10.2 Å². The first-order valence-electron chi connectivity index (χ1n) is 5.61. The predicted octanol–water partition coefficient (Wildman–Crippen LogP) is 2.79. The Bertz CT molecular complexity index is 712. The van der Waals surface area contributed by atoms with E-state index in [4.69, 9.17) is 0 Å². The number of thiophene rings is 1. The van der Waals surface area contributed by atoms with Crippen molar-refractivity contribution in [3.05, 3.63) is 29.2 Å². The summed E-state index contributed by atoms with van der Waals surface area (Å²) in [7, 11) is 1.91. The number of rotatable bonds is 2. The average Bonchev–Trinajstić information content (AvgIpc) is 2.85. The van der Waals surface area contributed by atoms with Gasteiger partial charge in [-0.05, 0) is 24.8 Å². The van der Waals surface area contributed by atoms with E-state index >= 15 is 0 Å². The third kappa shape index (κ3) is 1.74. The highest BCUT2D eigenvalue weighted by Crippen LogP contribution is 2.30. The van der Waals surface area contributed by atoms with E-state index in [2.05, 4.69) is 32.7 Å². The summed E-state index contributed by atoms with van der Waals surface area (Å²) >= 11 is 1.66. The van der Waals surface area contributed by atoms with Crippen molar-refractivity contribution in [3.63, 3.8) is 0 Å². The molecule has 0 unspecified atom stereocenters. The molecule has 0 aliphatic carbocycles. The standard InChI is InChI=1S/C12H13N5S/c1-7-5-18-11-10(7)13-6-14-12(11)15-9-4-17(3)16-8(9)2/h4-6H,1-3H3,(H,13,14,15). The first-order chi connectivity index (χ1) is 8.65. The number of hydrogen-bond donors (Lipinski definition) is 1. The van der Waals surface area contributed by atoms with E-state index in [0.717, 1.165) is 27.4 Å². The summed E-state index contributed by atoms with van der Waals surface area (Å²) in [6.07, 6.45) is 3.54. The highest BCUT2D eigenvalue weighted by atomic mass is 32.1. The molecular weight excluding hydrogens is 246 g/mol. The molecule has 0 amide bonds. The van der Waals surface area contributed by atoms with Crippen molar-refractivity contribution in [2.45, 2.75) is 13.8 Å². The van der Waals surface area contributed by atoms with Gasteiger partial charge in [0.25, 0.3) is 0 Å². The molecule has 3 aromatic rings. The summed E-state index contributed by atoms with van der Waals surface area (Å²) in [6, 6.07) is 0. The molecule has 0 bridgehead atoms. The van der Waals surface area contributed by atoms with Gasteiger partial charge in [-0.25, -0.2) is 9.97 Å². The molecule has 0 aromatic carbocycles. The fourth-order valence-corrected chi connectivity index (χ4v) is 2.86. The largest absolute Gasteiger partial charge is 0.336 e. The zero-order valence-corrected chi connectivity index (χ0v) is 11.2. The van der Waals surface area contributed by atoms with Crippen molar-refractivity contribution in [2.75, 3.05) is 5.32 Å². The third-order valence-corrected chi connectivity index (χ3v) is 3.89. The Hall–Kier alpha value is -1.95. The second-order valence-electron chi connectivity index (χ2n) is 4.25. The van der Waals surface area contributed by atoms with Crippen LogP contribution in [0, 0.1) is 13.8 Å². The molecule has 5 nitrogen and oxygen atoms in total. The smallest absolute Gasteiger partial charge is 0.151 e. The van der Waals surface area contributed by atoms with Gasteiger partial charge in [0.15, 0.2) is 5.82 Å². The van der Waals surface area contributed by atoms with E-state index < -0.39 is 0 Å². The van der Waals surface area contributed by atoms with Gasteiger partial charge < -0.3 is 5.32 Å². The van der Waals surface area contributed by atoms with Crippen LogP contribution in [0.15, 0.2) is 17.9 Å². The lowest BCUT2D eigenvalue weighted by atomic mass is 10.3. The number of aromatic nitrogens is 4. The fourth-order valence-electron chi connectivity index (χ4n) is 1.91. The van der Waals surface area contributed by atoms with Crippen LogP contribution in [0.4, 0.5) is 11.5 Å². The second kappa shape index (κ2) is 4.06. The summed E-state index contributed by atoms with van der Waals surface area (Å²) in [5.74, 6) is 0.842. The first-order valence-corrected chi connectivity index (χ1v) is 6.49. The molecule has 1 N–H and O–H groups in total. The minimum Gasteiger partial charge on any atom is -0.336 e. The van der Waals surface area contributed by atoms with Gasteiger partial charge in [-0.2, -0.15) is 5.10 Å². The molecule has 0 saturated carbocycles. The maximum absolute atomic E-state index is 4.32. The van der Waals surface area contributed by atoms with Crippen LogP contribution in [-0.4, -0.2) is 19.7 Å². The van der Waals surface area contributed by atoms with Gasteiger partial charge in [0.2, 0.25) is 0 Å². The van der Waals surface area contributed by atoms with Gasteiger partial charge in [-0.15, -0.1) is 11.3 Å². The monoisotopic (exact) mass is 259 g/mol. The van der Waals surface area contributed by atoms with Crippen molar-refractivity contribution < 1.29 is 0 Å². The molecule has 0 fully saturated rings. The maximum Gasteiger partial charge on any atom is 0.151 e. The first kappa shape index (κ1) is 11.2. The van der Waals surface area contributed by atoms with Crippen molar-refractivity contribution in [2.24, 2.45) is 7.05 Å². The molecule has 0 saturated heterocycles.